The van der Waals surface area contributed by atoms with Gasteiger partial charge in [-0.2, -0.15) is 5.10 Å². The molecule has 0 unspecified atom stereocenters. The van der Waals surface area contributed by atoms with Crippen LogP contribution in [0.25, 0.3) is 5.69 Å². The highest BCUT2D eigenvalue weighted by Crippen LogP contribution is 2.35. The number of aryl methyl sites for hydroxylation is 1. The van der Waals surface area contributed by atoms with Crippen molar-refractivity contribution in [3.63, 3.8) is 0 Å². The van der Waals surface area contributed by atoms with Crippen LogP contribution in [0.3, 0.4) is 0 Å². The molecule has 192 valence electrons. The van der Waals surface area contributed by atoms with Gasteiger partial charge in [-0.3, -0.25) is 4.90 Å². The van der Waals surface area contributed by atoms with Crippen molar-refractivity contribution in [3.05, 3.63) is 71.2 Å². The fourth-order valence-corrected chi connectivity index (χ4v) is 5.26. The van der Waals surface area contributed by atoms with Crippen molar-refractivity contribution < 1.29 is 9.13 Å². The second kappa shape index (κ2) is 11.0. The normalized spacial score (nSPS) is 16.6. The van der Waals surface area contributed by atoms with E-state index in [0.717, 1.165) is 69.4 Å². The van der Waals surface area contributed by atoms with E-state index in [1.807, 2.05) is 18.2 Å². The molecule has 0 radical (unpaired) electrons. The van der Waals surface area contributed by atoms with Gasteiger partial charge in [-0.15, -0.1) is 0 Å². The first-order chi connectivity index (χ1) is 17.6. The Morgan fingerprint density at radius 2 is 1.75 bits per heavy atom. The summed E-state index contributed by atoms with van der Waals surface area (Å²) >= 11 is 0. The average Bonchev–Trinajstić information content (AvgIpc) is 3.70. The van der Waals surface area contributed by atoms with E-state index in [-0.39, 0.29) is 5.82 Å². The highest BCUT2D eigenvalue weighted by Gasteiger charge is 2.33. The van der Waals surface area contributed by atoms with Crippen LogP contribution in [-0.4, -0.2) is 65.5 Å². The zero-order chi connectivity index (χ0) is 25.1. The molecule has 5 rings (SSSR count). The van der Waals surface area contributed by atoms with E-state index < -0.39 is 0 Å². The maximum absolute atomic E-state index is 13.8. The van der Waals surface area contributed by atoms with Crippen LogP contribution in [0.5, 0.6) is 5.75 Å². The number of likely N-dealkylation sites (N-methyl/N-ethyl adjacent to an activating group) is 1. The number of hydrogen-bond donors (Lipinski definition) is 0. The minimum absolute atomic E-state index is 0.224. The van der Waals surface area contributed by atoms with Gasteiger partial charge in [-0.25, -0.2) is 9.07 Å². The lowest BCUT2D eigenvalue weighted by Gasteiger charge is -2.36. The van der Waals surface area contributed by atoms with Gasteiger partial charge in [0.15, 0.2) is 0 Å². The van der Waals surface area contributed by atoms with E-state index in [9.17, 15) is 4.39 Å². The maximum atomic E-state index is 13.8. The van der Waals surface area contributed by atoms with Crippen LogP contribution in [0.4, 0.5) is 10.2 Å². The van der Waals surface area contributed by atoms with Crippen molar-refractivity contribution in [1.82, 2.24) is 19.6 Å². The molecule has 1 aliphatic heterocycles. The fourth-order valence-electron chi connectivity index (χ4n) is 5.26. The number of piperazine rings is 1. The number of benzene rings is 2. The monoisotopic (exact) mass is 491 g/mol. The van der Waals surface area contributed by atoms with Gasteiger partial charge in [0.05, 0.1) is 18.5 Å². The van der Waals surface area contributed by atoms with E-state index in [0.29, 0.717) is 6.04 Å². The molecule has 3 aromatic rings. The van der Waals surface area contributed by atoms with Crippen molar-refractivity contribution in [1.29, 1.82) is 0 Å². The van der Waals surface area contributed by atoms with Crippen LogP contribution >= 0.6 is 0 Å². The summed E-state index contributed by atoms with van der Waals surface area (Å²) in [5.74, 6) is 1.85. The lowest BCUT2D eigenvalue weighted by atomic mass is 10.1. The Morgan fingerprint density at radius 3 is 2.39 bits per heavy atom. The van der Waals surface area contributed by atoms with Gasteiger partial charge in [0.2, 0.25) is 0 Å². The van der Waals surface area contributed by atoms with Crippen LogP contribution in [0.1, 0.15) is 43.5 Å². The van der Waals surface area contributed by atoms with E-state index in [4.69, 9.17) is 9.84 Å². The molecule has 0 N–H and O–H groups in total. The molecule has 0 amide bonds. The Bertz CT molecular complexity index is 1150. The first kappa shape index (κ1) is 24.8. The number of halogens is 1. The molecule has 7 heteroatoms. The standard InChI is InChI=1S/C29H38FN5O/c1-4-28-27(21-34(24-13-14-24)20-22-7-6-8-26(19-22)36-3)29(33-17-15-32(5-2)16-18-33)35(31-28)25-11-9-23(30)10-12-25/h6-12,19,24H,4-5,13-18,20-21H2,1-3H3. The lowest BCUT2D eigenvalue weighted by Crippen LogP contribution is -2.47. The summed E-state index contributed by atoms with van der Waals surface area (Å²) in [5.41, 5.74) is 4.62. The van der Waals surface area contributed by atoms with Crippen molar-refractivity contribution >= 4 is 5.82 Å². The summed E-state index contributed by atoms with van der Waals surface area (Å²) in [7, 11) is 1.72. The van der Waals surface area contributed by atoms with Crippen LogP contribution in [0, 0.1) is 5.82 Å². The van der Waals surface area contributed by atoms with Crippen LogP contribution in [0.15, 0.2) is 48.5 Å². The first-order valence-electron chi connectivity index (χ1n) is 13.3. The van der Waals surface area contributed by atoms with E-state index >= 15 is 0 Å². The number of methoxy groups -OCH3 is 1. The predicted molar refractivity (Wildman–Crippen MR) is 142 cm³/mol. The summed E-state index contributed by atoms with van der Waals surface area (Å²) in [6.07, 6.45) is 3.34. The average molecular weight is 492 g/mol. The zero-order valence-corrected chi connectivity index (χ0v) is 21.8. The Balaban J connectivity index is 1.51. The summed E-state index contributed by atoms with van der Waals surface area (Å²) < 4.78 is 21.3. The number of aromatic nitrogens is 2. The molecule has 36 heavy (non-hydrogen) atoms. The molecule has 2 aromatic carbocycles. The Morgan fingerprint density at radius 1 is 1.00 bits per heavy atom. The molecular weight excluding hydrogens is 453 g/mol. The Kier molecular flexibility index (Phi) is 7.58. The lowest BCUT2D eigenvalue weighted by molar-refractivity contribution is 0.243. The molecule has 2 aliphatic rings. The molecule has 1 aliphatic carbocycles. The topological polar surface area (TPSA) is 36.8 Å². The minimum atomic E-state index is -0.224. The van der Waals surface area contributed by atoms with Gasteiger partial charge in [0.1, 0.15) is 17.4 Å². The third-order valence-corrected chi connectivity index (χ3v) is 7.51. The molecule has 2 fully saturated rings. The van der Waals surface area contributed by atoms with E-state index in [2.05, 4.69) is 51.4 Å². The van der Waals surface area contributed by atoms with Crippen molar-refractivity contribution in [2.45, 2.75) is 52.2 Å². The molecule has 0 atom stereocenters. The maximum Gasteiger partial charge on any atom is 0.137 e. The van der Waals surface area contributed by atoms with Crippen molar-refractivity contribution in [3.8, 4) is 11.4 Å². The fraction of sp³-hybridized carbons (Fsp3) is 0.483. The SMILES string of the molecule is CCc1nn(-c2ccc(F)cc2)c(N2CCN(CC)CC2)c1CN(Cc1cccc(OC)c1)C1CC1. The number of ether oxygens (including phenoxy) is 1. The van der Waals surface area contributed by atoms with Crippen LogP contribution in [0.2, 0.25) is 0 Å². The predicted octanol–water partition coefficient (Wildman–Crippen LogP) is 4.89. The number of anilines is 1. The van der Waals surface area contributed by atoms with Gasteiger partial charge in [-0.05, 0) is 67.8 Å². The van der Waals surface area contributed by atoms with Crippen LogP contribution in [-0.2, 0) is 19.5 Å². The van der Waals surface area contributed by atoms with Gasteiger partial charge in [0.25, 0.3) is 0 Å². The summed E-state index contributed by atoms with van der Waals surface area (Å²) in [6, 6.07) is 15.7. The molecule has 2 heterocycles. The smallest absolute Gasteiger partial charge is 0.137 e. The van der Waals surface area contributed by atoms with Gasteiger partial charge < -0.3 is 14.5 Å². The zero-order valence-electron chi connectivity index (χ0n) is 21.8. The molecule has 0 spiro atoms. The highest BCUT2D eigenvalue weighted by molar-refractivity contribution is 5.56. The molecule has 1 saturated carbocycles. The second-order valence-electron chi connectivity index (χ2n) is 9.90. The minimum Gasteiger partial charge on any atom is -0.497 e. The van der Waals surface area contributed by atoms with E-state index in [1.54, 1.807) is 7.11 Å². The second-order valence-corrected chi connectivity index (χ2v) is 9.90. The first-order valence-corrected chi connectivity index (χ1v) is 13.3. The summed E-state index contributed by atoms with van der Waals surface area (Å²) in [6.45, 7) is 11.3. The molecule has 0 bridgehead atoms. The molecular formula is C29H38FN5O. The number of rotatable bonds is 10. The largest absolute Gasteiger partial charge is 0.497 e. The third kappa shape index (κ3) is 5.42. The van der Waals surface area contributed by atoms with Gasteiger partial charge in [0, 0.05) is 50.9 Å². The van der Waals surface area contributed by atoms with Gasteiger partial charge >= 0.3 is 0 Å². The van der Waals surface area contributed by atoms with Crippen molar-refractivity contribution in [2.24, 2.45) is 0 Å². The summed E-state index contributed by atoms with van der Waals surface area (Å²) in [4.78, 5) is 7.59. The third-order valence-electron chi connectivity index (χ3n) is 7.51. The summed E-state index contributed by atoms with van der Waals surface area (Å²) in [5, 5.41) is 5.10. The Hall–Kier alpha value is -2.90. The highest BCUT2D eigenvalue weighted by atomic mass is 19.1. The Labute approximate surface area is 214 Å². The quantitative estimate of drug-likeness (QED) is 0.404. The van der Waals surface area contributed by atoms with Crippen molar-refractivity contribution in [2.75, 3.05) is 44.7 Å². The molecule has 6 nitrogen and oxygen atoms in total. The van der Waals surface area contributed by atoms with Gasteiger partial charge in [-0.1, -0.05) is 26.0 Å². The van der Waals surface area contributed by atoms with Crippen LogP contribution < -0.4 is 9.64 Å². The van der Waals surface area contributed by atoms with E-state index in [1.165, 1.54) is 41.9 Å². The number of nitrogens with zero attached hydrogens (tertiary/aromatic N) is 5. The molecule has 1 saturated heterocycles. The number of hydrogen-bond acceptors (Lipinski definition) is 5. The molecule has 1 aromatic heterocycles.